The Morgan fingerprint density at radius 2 is 2.10 bits per heavy atom. The van der Waals surface area contributed by atoms with Gasteiger partial charge in [-0.1, -0.05) is 6.92 Å². The minimum absolute atomic E-state index is 0.0266. The van der Waals surface area contributed by atoms with Crippen molar-refractivity contribution in [2.24, 2.45) is 5.84 Å². The van der Waals surface area contributed by atoms with Crippen molar-refractivity contribution >= 4 is 11.6 Å². The second kappa shape index (κ2) is 6.38. The van der Waals surface area contributed by atoms with Crippen molar-refractivity contribution in [2.75, 3.05) is 10.7 Å². The second-order valence-corrected chi connectivity index (χ2v) is 4.74. The van der Waals surface area contributed by atoms with Gasteiger partial charge in [-0.25, -0.2) is 15.8 Å². The number of aryl methyl sites for hydroxylation is 1. The van der Waals surface area contributed by atoms with Crippen LogP contribution in [0.1, 0.15) is 43.5 Å². The summed E-state index contributed by atoms with van der Waals surface area (Å²) in [4.78, 5) is 8.96. The lowest BCUT2D eigenvalue weighted by atomic mass is 10.2. The molecular formula is C14H21N5O. The predicted octanol–water partition coefficient (Wildman–Crippen LogP) is 2.79. The van der Waals surface area contributed by atoms with Gasteiger partial charge in [-0.3, -0.25) is 0 Å². The molecule has 0 amide bonds. The molecule has 0 aromatic carbocycles. The van der Waals surface area contributed by atoms with Gasteiger partial charge in [0.2, 0.25) is 0 Å². The predicted molar refractivity (Wildman–Crippen MR) is 79.3 cm³/mol. The van der Waals surface area contributed by atoms with Gasteiger partial charge in [0, 0.05) is 12.0 Å². The van der Waals surface area contributed by atoms with Crippen LogP contribution in [0.25, 0.3) is 0 Å². The molecule has 0 aliphatic heterocycles. The van der Waals surface area contributed by atoms with E-state index >= 15 is 0 Å². The van der Waals surface area contributed by atoms with Gasteiger partial charge in [-0.15, -0.1) is 0 Å². The van der Waals surface area contributed by atoms with Crippen molar-refractivity contribution < 1.29 is 4.42 Å². The van der Waals surface area contributed by atoms with E-state index < -0.39 is 0 Å². The lowest BCUT2D eigenvalue weighted by Crippen LogP contribution is -2.16. The molecule has 0 aliphatic carbocycles. The average molecular weight is 275 g/mol. The normalized spacial score (nSPS) is 12.2. The molecule has 0 bridgehead atoms. The third kappa shape index (κ3) is 3.08. The van der Waals surface area contributed by atoms with Crippen LogP contribution in [-0.2, 0) is 6.42 Å². The number of furan rings is 1. The van der Waals surface area contributed by atoms with Crippen LogP contribution in [0, 0.1) is 6.92 Å². The molecular weight excluding hydrogens is 254 g/mol. The molecule has 0 saturated carbocycles. The second-order valence-electron chi connectivity index (χ2n) is 4.74. The summed E-state index contributed by atoms with van der Waals surface area (Å²) in [6.45, 7) is 6.05. The van der Waals surface area contributed by atoms with Gasteiger partial charge in [-0.2, -0.15) is 0 Å². The van der Waals surface area contributed by atoms with E-state index in [4.69, 9.17) is 10.3 Å². The summed E-state index contributed by atoms with van der Waals surface area (Å²) in [6.07, 6.45) is 3.47. The van der Waals surface area contributed by atoms with E-state index in [0.717, 1.165) is 35.8 Å². The van der Waals surface area contributed by atoms with Crippen molar-refractivity contribution in [1.82, 2.24) is 9.97 Å². The minimum Gasteiger partial charge on any atom is -0.467 e. The number of nitrogens with zero attached hydrogens (tertiary/aromatic N) is 2. The molecule has 4 N–H and O–H groups in total. The molecule has 2 heterocycles. The van der Waals surface area contributed by atoms with E-state index in [2.05, 4.69) is 27.6 Å². The SMILES string of the molecule is CCCc1nc(NN)c(C)c(NC(C)c2ccco2)n1. The highest BCUT2D eigenvalue weighted by Gasteiger charge is 2.14. The van der Waals surface area contributed by atoms with Crippen LogP contribution in [-0.4, -0.2) is 9.97 Å². The standard InChI is InChI=1S/C14H21N5O/c1-4-6-12-17-13(9(2)14(18-12)19-15)16-10(3)11-7-5-8-20-11/h5,7-8,10H,4,6,15H2,1-3H3,(H2,16,17,18,19). The highest BCUT2D eigenvalue weighted by atomic mass is 16.3. The lowest BCUT2D eigenvalue weighted by Gasteiger charge is -2.17. The first-order chi connectivity index (χ1) is 9.65. The molecule has 0 fully saturated rings. The Kier molecular flexibility index (Phi) is 4.57. The minimum atomic E-state index is 0.0266. The zero-order valence-electron chi connectivity index (χ0n) is 12.1. The van der Waals surface area contributed by atoms with Gasteiger partial charge in [0.05, 0.1) is 12.3 Å². The highest BCUT2D eigenvalue weighted by Crippen LogP contribution is 2.24. The fourth-order valence-corrected chi connectivity index (χ4v) is 1.99. The Balaban J connectivity index is 2.27. The van der Waals surface area contributed by atoms with E-state index in [1.54, 1.807) is 6.26 Å². The Hall–Kier alpha value is -2.08. The molecule has 6 heteroatoms. The maximum Gasteiger partial charge on any atom is 0.148 e. The van der Waals surface area contributed by atoms with E-state index in [1.807, 2.05) is 26.0 Å². The van der Waals surface area contributed by atoms with Crippen LogP contribution in [0.2, 0.25) is 0 Å². The molecule has 6 nitrogen and oxygen atoms in total. The number of nitrogens with two attached hydrogens (primary N) is 1. The number of hydrazine groups is 1. The Morgan fingerprint density at radius 1 is 1.35 bits per heavy atom. The molecule has 0 radical (unpaired) electrons. The number of aromatic nitrogens is 2. The first-order valence-corrected chi connectivity index (χ1v) is 6.79. The van der Waals surface area contributed by atoms with Gasteiger partial charge >= 0.3 is 0 Å². The maximum atomic E-state index is 5.52. The van der Waals surface area contributed by atoms with Crippen LogP contribution >= 0.6 is 0 Å². The fourth-order valence-electron chi connectivity index (χ4n) is 1.99. The average Bonchev–Trinajstić information content (AvgIpc) is 2.96. The molecule has 2 rings (SSSR count). The van der Waals surface area contributed by atoms with Crippen LogP contribution in [0.15, 0.2) is 22.8 Å². The molecule has 0 saturated heterocycles. The van der Waals surface area contributed by atoms with Crippen molar-refractivity contribution in [2.45, 2.75) is 39.7 Å². The molecule has 0 spiro atoms. The van der Waals surface area contributed by atoms with Gasteiger partial charge in [-0.05, 0) is 32.4 Å². The zero-order valence-corrected chi connectivity index (χ0v) is 12.1. The molecule has 2 aromatic rings. The summed E-state index contributed by atoms with van der Waals surface area (Å²) in [5.41, 5.74) is 3.52. The Morgan fingerprint density at radius 3 is 2.70 bits per heavy atom. The quantitative estimate of drug-likeness (QED) is 0.555. The van der Waals surface area contributed by atoms with Crippen molar-refractivity contribution in [3.63, 3.8) is 0 Å². The van der Waals surface area contributed by atoms with Crippen molar-refractivity contribution in [3.05, 3.63) is 35.5 Å². The third-order valence-corrected chi connectivity index (χ3v) is 3.13. The number of nitrogen functional groups attached to an aromatic ring is 1. The fraction of sp³-hybridized carbons (Fsp3) is 0.429. The summed E-state index contributed by atoms with van der Waals surface area (Å²) >= 11 is 0. The number of anilines is 2. The van der Waals surface area contributed by atoms with Crippen LogP contribution in [0.4, 0.5) is 11.6 Å². The van der Waals surface area contributed by atoms with Gasteiger partial charge < -0.3 is 15.2 Å². The highest BCUT2D eigenvalue weighted by molar-refractivity contribution is 5.57. The third-order valence-electron chi connectivity index (χ3n) is 3.13. The van der Waals surface area contributed by atoms with Crippen LogP contribution in [0.3, 0.4) is 0 Å². The van der Waals surface area contributed by atoms with Gasteiger partial charge in [0.25, 0.3) is 0 Å². The van der Waals surface area contributed by atoms with E-state index in [0.29, 0.717) is 5.82 Å². The molecule has 1 unspecified atom stereocenters. The number of hydrogen-bond acceptors (Lipinski definition) is 6. The summed E-state index contributed by atoms with van der Waals surface area (Å²) in [5.74, 6) is 8.59. The zero-order chi connectivity index (χ0) is 14.5. The monoisotopic (exact) mass is 275 g/mol. The summed E-state index contributed by atoms with van der Waals surface area (Å²) in [6, 6.07) is 3.83. The first-order valence-electron chi connectivity index (χ1n) is 6.79. The van der Waals surface area contributed by atoms with Gasteiger partial charge in [0.15, 0.2) is 0 Å². The van der Waals surface area contributed by atoms with Gasteiger partial charge in [0.1, 0.15) is 23.2 Å². The smallest absolute Gasteiger partial charge is 0.148 e. The van der Waals surface area contributed by atoms with Crippen LogP contribution < -0.4 is 16.6 Å². The molecule has 0 aliphatic rings. The first kappa shape index (κ1) is 14.3. The Labute approximate surface area is 118 Å². The summed E-state index contributed by atoms with van der Waals surface area (Å²) in [5, 5.41) is 3.35. The number of nitrogens with one attached hydrogen (secondary N) is 2. The topological polar surface area (TPSA) is 89.0 Å². The lowest BCUT2D eigenvalue weighted by molar-refractivity contribution is 0.490. The molecule has 108 valence electrons. The van der Waals surface area contributed by atoms with E-state index in [-0.39, 0.29) is 6.04 Å². The molecule has 2 aromatic heterocycles. The largest absolute Gasteiger partial charge is 0.467 e. The van der Waals surface area contributed by atoms with Crippen molar-refractivity contribution in [3.8, 4) is 0 Å². The van der Waals surface area contributed by atoms with E-state index in [1.165, 1.54) is 0 Å². The maximum absolute atomic E-state index is 5.52. The molecule has 1 atom stereocenters. The van der Waals surface area contributed by atoms with Crippen molar-refractivity contribution in [1.29, 1.82) is 0 Å². The Bertz CT molecular complexity index is 553. The number of hydrogen-bond donors (Lipinski definition) is 3. The van der Waals surface area contributed by atoms with Crippen LogP contribution in [0.5, 0.6) is 0 Å². The number of rotatable bonds is 6. The molecule has 20 heavy (non-hydrogen) atoms. The van der Waals surface area contributed by atoms with E-state index in [9.17, 15) is 0 Å². The summed E-state index contributed by atoms with van der Waals surface area (Å²) < 4.78 is 5.40. The summed E-state index contributed by atoms with van der Waals surface area (Å²) in [7, 11) is 0.